The first kappa shape index (κ1) is 13.1. The fraction of sp³-hybridized carbons (Fsp3) is 0.167. The second-order valence-corrected chi connectivity index (χ2v) is 3.02. The van der Waals surface area contributed by atoms with E-state index in [-0.39, 0.29) is 5.57 Å². The summed E-state index contributed by atoms with van der Waals surface area (Å²) in [5, 5.41) is 7.89. The van der Waals surface area contributed by atoms with Crippen LogP contribution in [0, 0.1) is 6.92 Å². The number of nitrogens with zero attached hydrogens (tertiary/aromatic N) is 1. The number of carboxylic acids is 1. The van der Waals surface area contributed by atoms with Gasteiger partial charge in [-0.1, -0.05) is 25.3 Å². The average Bonchev–Trinajstić information content (AvgIpc) is 2.20. The Balaban J connectivity index is 0.000000288. The minimum atomic E-state index is -0.935. The molecule has 1 aromatic heterocycles. The van der Waals surface area contributed by atoms with Gasteiger partial charge in [0.1, 0.15) is 0 Å². The van der Waals surface area contributed by atoms with Gasteiger partial charge >= 0.3 is 5.97 Å². The van der Waals surface area contributed by atoms with Gasteiger partial charge in [-0.05, 0) is 25.5 Å². The zero-order chi connectivity index (χ0) is 11.8. The molecule has 15 heavy (non-hydrogen) atoms. The number of pyridine rings is 1. The molecule has 0 aliphatic carbocycles. The summed E-state index contributed by atoms with van der Waals surface area (Å²) in [6.45, 7) is 10.2. The standard InChI is InChI=1S/C8H9N.C4H6O2/c1-3-8-5-4-7(2)9-6-8;1-3(2)4(5)6/h3-6H,1H2,2H3;1H2,2H3,(H,5,6). The molecule has 0 atom stereocenters. The predicted molar refractivity (Wildman–Crippen MR) is 61.5 cm³/mol. The fourth-order valence-corrected chi connectivity index (χ4v) is 0.600. The lowest BCUT2D eigenvalue weighted by atomic mass is 10.2. The van der Waals surface area contributed by atoms with Gasteiger partial charge in [0.25, 0.3) is 0 Å². The van der Waals surface area contributed by atoms with Crippen molar-refractivity contribution in [1.82, 2.24) is 4.98 Å². The minimum Gasteiger partial charge on any atom is -0.478 e. The third-order valence-electron chi connectivity index (χ3n) is 1.54. The van der Waals surface area contributed by atoms with Gasteiger partial charge in [0.2, 0.25) is 0 Å². The number of hydrogen-bond acceptors (Lipinski definition) is 2. The summed E-state index contributed by atoms with van der Waals surface area (Å²) in [5.74, 6) is -0.935. The lowest BCUT2D eigenvalue weighted by Crippen LogP contribution is -1.92. The van der Waals surface area contributed by atoms with Gasteiger partial charge in [-0.25, -0.2) is 4.79 Å². The third kappa shape index (κ3) is 6.21. The van der Waals surface area contributed by atoms with E-state index in [1.807, 2.05) is 25.3 Å². The highest BCUT2D eigenvalue weighted by molar-refractivity contribution is 5.84. The van der Waals surface area contributed by atoms with Crippen LogP contribution in [0.15, 0.2) is 37.1 Å². The van der Waals surface area contributed by atoms with Crippen molar-refractivity contribution in [2.24, 2.45) is 0 Å². The lowest BCUT2D eigenvalue weighted by Gasteiger charge is -1.90. The van der Waals surface area contributed by atoms with Crippen LogP contribution in [0.5, 0.6) is 0 Å². The smallest absolute Gasteiger partial charge is 0.330 e. The molecule has 3 nitrogen and oxygen atoms in total. The van der Waals surface area contributed by atoms with Gasteiger partial charge in [-0.2, -0.15) is 0 Å². The van der Waals surface area contributed by atoms with Crippen molar-refractivity contribution in [2.75, 3.05) is 0 Å². The molecule has 0 amide bonds. The van der Waals surface area contributed by atoms with E-state index in [9.17, 15) is 4.79 Å². The summed E-state index contributed by atoms with van der Waals surface area (Å²) >= 11 is 0. The highest BCUT2D eigenvalue weighted by atomic mass is 16.4. The van der Waals surface area contributed by atoms with Crippen LogP contribution in [0.4, 0.5) is 0 Å². The summed E-state index contributed by atoms with van der Waals surface area (Å²) in [6, 6.07) is 3.96. The Morgan fingerprint density at radius 2 is 2.07 bits per heavy atom. The molecule has 0 unspecified atom stereocenters. The molecule has 3 heteroatoms. The Morgan fingerprint density at radius 1 is 1.53 bits per heavy atom. The van der Waals surface area contributed by atoms with E-state index in [1.54, 1.807) is 6.08 Å². The van der Waals surface area contributed by atoms with E-state index in [0.717, 1.165) is 11.3 Å². The van der Waals surface area contributed by atoms with Crippen LogP contribution in [0.1, 0.15) is 18.2 Å². The molecule has 0 aliphatic heterocycles. The summed E-state index contributed by atoms with van der Waals surface area (Å²) in [6.07, 6.45) is 3.59. The molecular formula is C12H15NO2. The molecule has 0 radical (unpaired) electrons. The Hall–Kier alpha value is -1.90. The molecule has 0 saturated carbocycles. The van der Waals surface area contributed by atoms with E-state index >= 15 is 0 Å². The summed E-state index contributed by atoms with van der Waals surface area (Å²) < 4.78 is 0. The monoisotopic (exact) mass is 205 g/mol. The molecule has 1 heterocycles. The zero-order valence-corrected chi connectivity index (χ0v) is 9.03. The molecular weight excluding hydrogens is 190 g/mol. The number of carboxylic acid groups (broad SMARTS) is 1. The lowest BCUT2D eigenvalue weighted by molar-refractivity contribution is -0.132. The zero-order valence-electron chi connectivity index (χ0n) is 9.03. The van der Waals surface area contributed by atoms with Crippen LogP contribution in [0.25, 0.3) is 6.08 Å². The first-order valence-electron chi connectivity index (χ1n) is 4.41. The van der Waals surface area contributed by atoms with Gasteiger partial charge in [-0.15, -0.1) is 0 Å². The van der Waals surface area contributed by atoms with Gasteiger partial charge in [0.15, 0.2) is 0 Å². The quantitative estimate of drug-likeness (QED) is 0.755. The van der Waals surface area contributed by atoms with E-state index in [4.69, 9.17) is 5.11 Å². The van der Waals surface area contributed by atoms with E-state index < -0.39 is 5.97 Å². The van der Waals surface area contributed by atoms with Crippen molar-refractivity contribution in [3.63, 3.8) is 0 Å². The Morgan fingerprint density at radius 3 is 2.33 bits per heavy atom. The van der Waals surface area contributed by atoms with Crippen LogP contribution in [-0.4, -0.2) is 16.1 Å². The van der Waals surface area contributed by atoms with Gasteiger partial charge in [0.05, 0.1) is 0 Å². The topological polar surface area (TPSA) is 50.2 Å². The maximum Gasteiger partial charge on any atom is 0.330 e. The van der Waals surface area contributed by atoms with Crippen molar-refractivity contribution in [3.8, 4) is 0 Å². The third-order valence-corrected chi connectivity index (χ3v) is 1.54. The molecule has 1 N–H and O–H groups in total. The SMILES string of the molecule is C=C(C)C(=O)O.C=Cc1ccc(C)nc1. The second-order valence-electron chi connectivity index (χ2n) is 3.02. The van der Waals surface area contributed by atoms with E-state index in [1.165, 1.54) is 6.92 Å². The normalized spacial score (nSPS) is 8.40. The summed E-state index contributed by atoms with van der Waals surface area (Å²) in [5.41, 5.74) is 2.29. The number of rotatable bonds is 2. The molecule has 0 fully saturated rings. The molecule has 0 aliphatic rings. The highest BCUT2D eigenvalue weighted by Gasteiger charge is 1.90. The van der Waals surface area contributed by atoms with E-state index in [2.05, 4.69) is 18.1 Å². The molecule has 1 aromatic rings. The van der Waals surface area contributed by atoms with Crippen molar-refractivity contribution in [1.29, 1.82) is 0 Å². The first-order chi connectivity index (χ1) is 6.97. The molecule has 0 spiro atoms. The summed E-state index contributed by atoms with van der Waals surface area (Å²) in [4.78, 5) is 13.7. The average molecular weight is 205 g/mol. The van der Waals surface area contributed by atoms with Gasteiger partial charge < -0.3 is 5.11 Å². The molecule has 0 bridgehead atoms. The van der Waals surface area contributed by atoms with Crippen LogP contribution in [0.3, 0.4) is 0 Å². The maximum absolute atomic E-state index is 9.60. The van der Waals surface area contributed by atoms with Gasteiger partial charge in [0, 0.05) is 17.5 Å². The minimum absolute atomic E-state index is 0.176. The molecule has 0 aromatic carbocycles. The maximum atomic E-state index is 9.60. The van der Waals surface area contributed by atoms with Crippen LogP contribution < -0.4 is 0 Å². The molecule has 1 rings (SSSR count). The Labute approximate surface area is 89.8 Å². The van der Waals surface area contributed by atoms with Crippen molar-refractivity contribution in [3.05, 3.63) is 48.3 Å². The Kier molecular flexibility index (Phi) is 5.71. The predicted octanol–water partition coefficient (Wildman–Crippen LogP) is 2.68. The fourth-order valence-electron chi connectivity index (χ4n) is 0.600. The number of aromatic nitrogens is 1. The molecule has 0 saturated heterocycles. The number of aryl methyl sites for hydroxylation is 1. The first-order valence-corrected chi connectivity index (χ1v) is 4.41. The largest absolute Gasteiger partial charge is 0.478 e. The number of aliphatic carboxylic acids is 1. The van der Waals surface area contributed by atoms with E-state index in [0.29, 0.717) is 0 Å². The van der Waals surface area contributed by atoms with Crippen LogP contribution in [0.2, 0.25) is 0 Å². The number of hydrogen-bond donors (Lipinski definition) is 1. The molecule has 80 valence electrons. The highest BCUT2D eigenvalue weighted by Crippen LogP contribution is 1.98. The van der Waals surface area contributed by atoms with Crippen LogP contribution >= 0.6 is 0 Å². The second kappa shape index (κ2) is 6.54. The number of carbonyl (C=O) groups is 1. The summed E-state index contributed by atoms with van der Waals surface area (Å²) in [7, 11) is 0. The van der Waals surface area contributed by atoms with Gasteiger partial charge in [-0.3, -0.25) is 4.98 Å². The van der Waals surface area contributed by atoms with Crippen molar-refractivity contribution < 1.29 is 9.90 Å². The van der Waals surface area contributed by atoms with Crippen molar-refractivity contribution >= 4 is 12.0 Å². The van der Waals surface area contributed by atoms with Crippen molar-refractivity contribution in [2.45, 2.75) is 13.8 Å². The Bertz CT molecular complexity index is 340. The van der Waals surface area contributed by atoms with Crippen LogP contribution in [-0.2, 0) is 4.79 Å².